The topological polar surface area (TPSA) is 120 Å². The van der Waals surface area contributed by atoms with Gasteiger partial charge in [-0.2, -0.15) is 0 Å². The molecule has 0 bridgehead atoms. The third-order valence-electron chi connectivity index (χ3n) is 5.61. The molecule has 7 heteroatoms. The van der Waals surface area contributed by atoms with Crippen molar-refractivity contribution in [1.29, 1.82) is 0 Å². The number of hydrogen-bond donors (Lipinski definition) is 5. The molecule has 2 rings (SSSR count). The van der Waals surface area contributed by atoms with Crippen LogP contribution in [0.3, 0.4) is 0 Å². The van der Waals surface area contributed by atoms with E-state index in [1.54, 1.807) is 6.92 Å². The van der Waals surface area contributed by atoms with Gasteiger partial charge in [0.1, 0.15) is 12.2 Å². The molecule has 5 N–H and O–H groups in total. The molecule has 136 valence electrons. The van der Waals surface area contributed by atoms with E-state index in [1.165, 1.54) is 0 Å². The zero-order valence-corrected chi connectivity index (χ0v) is 13.9. The van der Waals surface area contributed by atoms with Gasteiger partial charge in [0, 0.05) is 24.4 Å². The monoisotopic (exact) mass is 334 g/mol. The second-order valence-corrected chi connectivity index (χ2v) is 7.07. The predicted octanol–water partition coefficient (Wildman–Crippen LogP) is -1.11. The van der Waals surface area contributed by atoms with Crippen LogP contribution in [0.25, 0.3) is 0 Å². The minimum absolute atomic E-state index is 0.147. The smallest absolute Gasteiger partial charge is 0.112 e. The maximum Gasteiger partial charge on any atom is 0.112 e. The standard InChI is InChI=1S/C16H30O7/c1-7-9(3)22-12(6-18)16(14(7)20)23-11-4-10(5-17)15(21)13(19)8(11)2/h7-21H,4-6H2,1-3H3/t7?,8-,9+,10?,11-,12?,13?,14?,15-,16-/m1/s1. The summed E-state index contributed by atoms with van der Waals surface area (Å²) >= 11 is 0. The van der Waals surface area contributed by atoms with Crippen molar-refractivity contribution in [2.75, 3.05) is 13.2 Å². The van der Waals surface area contributed by atoms with Gasteiger partial charge in [-0.25, -0.2) is 0 Å². The Morgan fingerprint density at radius 1 is 0.913 bits per heavy atom. The highest BCUT2D eigenvalue weighted by atomic mass is 16.6. The van der Waals surface area contributed by atoms with Crippen LogP contribution in [0, 0.1) is 17.8 Å². The molecule has 5 unspecified atom stereocenters. The lowest BCUT2D eigenvalue weighted by atomic mass is 9.76. The van der Waals surface area contributed by atoms with Gasteiger partial charge in [-0.05, 0) is 13.3 Å². The molecule has 1 aliphatic heterocycles. The first-order valence-corrected chi connectivity index (χ1v) is 8.38. The lowest BCUT2D eigenvalue weighted by Gasteiger charge is -2.47. The van der Waals surface area contributed by atoms with E-state index < -0.39 is 42.5 Å². The third-order valence-corrected chi connectivity index (χ3v) is 5.61. The Morgan fingerprint density at radius 2 is 1.57 bits per heavy atom. The Labute approximate surface area is 136 Å². The highest BCUT2D eigenvalue weighted by molar-refractivity contribution is 4.95. The van der Waals surface area contributed by atoms with E-state index in [0.29, 0.717) is 6.42 Å². The van der Waals surface area contributed by atoms with Gasteiger partial charge < -0.3 is 35.0 Å². The second-order valence-electron chi connectivity index (χ2n) is 7.07. The number of hydrogen-bond acceptors (Lipinski definition) is 7. The van der Waals surface area contributed by atoms with Gasteiger partial charge in [0.15, 0.2) is 0 Å². The van der Waals surface area contributed by atoms with Crippen LogP contribution < -0.4 is 0 Å². The first kappa shape index (κ1) is 19.1. The largest absolute Gasteiger partial charge is 0.396 e. The Kier molecular flexibility index (Phi) is 6.41. The lowest BCUT2D eigenvalue weighted by molar-refractivity contribution is -0.248. The van der Waals surface area contributed by atoms with Crippen molar-refractivity contribution in [2.45, 2.75) is 69.9 Å². The fraction of sp³-hybridized carbons (Fsp3) is 1.00. The maximum atomic E-state index is 10.5. The quantitative estimate of drug-likeness (QED) is 0.442. The Hall–Kier alpha value is -0.280. The molecule has 1 aliphatic carbocycles. The summed E-state index contributed by atoms with van der Waals surface area (Å²) in [7, 11) is 0. The van der Waals surface area contributed by atoms with Crippen LogP contribution in [0.15, 0.2) is 0 Å². The molecule has 1 saturated heterocycles. The number of rotatable bonds is 4. The molecule has 0 amide bonds. The van der Waals surface area contributed by atoms with Gasteiger partial charge in [-0.1, -0.05) is 13.8 Å². The zero-order chi connectivity index (χ0) is 17.3. The molecule has 0 aromatic heterocycles. The summed E-state index contributed by atoms with van der Waals surface area (Å²) < 4.78 is 11.7. The molecule has 0 spiro atoms. The fourth-order valence-corrected chi connectivity index (χ4v) is 3.62. The molecule has 1 heterocycles. The lowest BCUT2D eigenvalue weighted by Crippen LogP contribution is -2.58. The van der Waals surface area contributed by atoms with Crippen LogP contribution in [-0.2, 0) is 9.47 Å². The van der Waals surface area contributed by atoms with Crippen LogP contribution in [0.1, 0.15) is 27.2 Å². The molecule has 10 atom stereocenters. The number of ether oxygens (including phenoxy) is 2. The summed E-state index contributed by atoms with van der Waals surface area (Å²) in [5, 5.41) is 49.5. The zero-order valence-electron chi connectivity index (χ0n) is 13.9. The van der Waals surface area contributed by atoms with Crippen LogP contribution >= 0.6 is 0 Å². The van der Waals surface area contributed by atoms with Crippen molar-refractivity contribution < 1.29 is 35.0 Å². The minimum Gasteiger partial charge on any atom is -0.396 e. The predicted molar refractivity (Wildman–Crippen MR) is 81.6 cm³/mol. The molecular weight excluding hydrogens is 304 g/mol. The molecule has 2 aliphatic rings. The highest BCUT2D eigenvalue weighted by Gasteiger charge is 2.47. The van der Waals surface area contributed by atoms with E-state index >= 15 is 0 Å². The average Bonchev–Trinajstić information content (AvgIpc) is 2.55. The van der Waals surface area contributed by atoms with Crippen LogP contribution in [-0.4, -0.2) is 81.5 Å². The second kappa shape index (κ2) is 7.74. The van der Waals surface area contributed by atoms with Gasteiger partial charge in [-0.15, -0.1) is 0 Å². The van der Waals surface area contributed by atoms with Crippen molar-refractivity contribution >= 4 is 0 Å². The van der Waals surface area contributed by atoms with Crippen molar-refractivity contribution in [1.82, 2.24) is 0 Å². The summed E-state index contributed by atoms with van der Waals surface area (Å²) in [5.74, 6) is -0.975. The van der Waals surface area contributed by atoms with Gasteiger partial charge in [0.2, 0.25) is 0 Å². The summed E-state index contributed by atoms with van der Waals surface area (Å²) in [6, 6.07) is 0. The van der Waals surface area contributed by atoms with E-state index in [0.717, 1.165) is 0 Å². The molecule has 1 saturated carbocycles. The first-order chi connectivity index (χ1) is 10.8. The fourth-order valence-electron chi connectivity index (χ4n) is 3.62. The van der Waals surface area contributed by atoms with Crippen molar-refractivity contribution in [3.8, 4) is 0 Å². The molecular formula is C16H30O7. The molecule has 2 fully saturated rings. The van der Waals surface area contributed by atoms with Crippen molar-refractivity contribution in [3.63, 3.8) is 0 Å². The van der Waals surface area contributed by atoms with Crippen LogP contribution in [0.5, 0.6) is 0 Å². The molecule has 0 aromatic rings. The number of aliphatic hydroxyl groups is 5. The van der Waals surface area contributed by atoms with Crippen molar-refractivity contribution in [3.05, 3.63) is 0 Å². The molecule has 23 heavy (non-hydrogen) atoms. The van der Waals surface area contributed by atoms with E-state index in [4.69, 9.17) is 9.47 Å². The summed E-state index contributed by atoms with van der Waals surface area (Å²) in [4.78, 5) is 0. The average molecular weight is 334 g/mol. The Bertz CT molecular complexity index is 375. The highest BCUT2D eigenvalue weighted by Crippen LogP contribution is 2.35. The molecule has 7 nitrogen and oxygen atoms in total. The van der Waals surface area contributed by atoms with Crippen LogP contribution in [0.4, 0.5) is 0 Å². The third kappa shape index (κ3) is 3.71. The van der Waals surface area contributed by atoms with Gasteiger partial charge >= 0.3 is 0 Å². The normalized spacial score (nSPS) is 51.7. The van der Waals surface area contributed by atoms with Crippen molar-refractivity contribution in [2.24, 2.45) is 17.8 Å². The summed E-state index contributed by atoms with van der Waals surface area (Å²) in [6.45, 7) is 4.96. The SMILES string of the molecule is CC1C(O)[C@H](O[C@@H]2CC(CO)[C@@H](O)C(O)[C@@H]2C)C(CO)O[C@H]1C. The Balaban J connectivity index is 2.11. The summed E-state index contributed by atoms with van der Waals surface area (Å²) in [5.41, 5.74) is 0. The summed E-state index contributed by atoms with van der Waals surface area (Å²) in [6.07, 6.45) is -4.39. The molecule has 0 aromatic carbocycles. The van der Waals surface area contributed by atoms with E-state index in [2.05, 4.69) is 0 Å². The van der Waals surface area contributed by atoms with Gasteiger partial charge in [0.05, 0.1) is 37.1 Å². The first-order valence-electron chi connectivity index (χ1n) is 8.38. The molecule has 0 radical (unpaired) electrons. The Morgan fingerprint density at radius 3 is 2.13 bits per heavy atom. The maximum absolute atomic E-state index is 10.5. The van der Waals surface area contributed by atoms with Gasteiger partial charge in [-0.3, -0.25) is 0 Å². The van der Waals surface area contributed by atoms with E-state index in [1.807, 2.05) is 13.8 Å². The number of aliphatic hydroxyl groups excluding tert-OH is 5. The van der Waals surface area contributed by atoms with Crippen LogP contribution in [0.2, 0.25) is 0 Å². The van der Waals surface area contributed by atoms with E-state index in [-0.39, 0.29) is 31.2 Å². The van der Waals surface area contributed by atoms with E-state index in [9.17, 15) is 25.5 Å². The minimum atomic E-state index is -1.00. The van der Waals surface area contributed by atoms with Gasteiger partial charge in [0.25, 0.3) is 0 Å².